The number of esters is 2. The van der Waals surface area contributed by atoms with Crippen molar-refractivity contribution in [2.75, 3.05) is 0 Å². The molecule has 12 heteroatoms. The van der Waals surface area contributed by atoms with Gasteiger partial charge in [-0.05, 0) is 48.5 Å². The van der Waals surface area contributed by atoms with E-state index < -0.39 is 42.0 Å². The van der Waals surface area contributed by atoms with Crippen molar-refractivity contribution in [3.63, 3.8) is 0 Å². The molecule has 0 fully saturated rings. The van der Waals surface area contributed by atoms with Gasteiger partial charge in [-0.25, -0.2) is 9.59 Å². The Morgan fingerprint density at radius 1 is 0.615 bits per heavy atom. The van der Waals surface area contributed by atoms with Crippen LogP contribution in [0.15, 0.2) is 58.3 Å². The molecule has 0 aliphatic carbocycles. The van der Waals surface area contributed by atoms with Gasteiger partial charge in [0.25, 0.3) is 20.2 Å². The summed E-state index contributed by atoms with van der Waals surface area (Å²) in [4.78, 5) is 22.4. The fourth-order valence-electron chi connectivity index (χ4n) is 1.66. The molecule has 0 atom stereocenters. The first kappa shape index (κ1) is 19.5. The lowest BCUT2D eigenvalue weighted by atomic mass is 10.3. The predicted octanol–water partition coefficient (Wildman–Crippen LogP) is 0.691. The van der Waals surface area contributed by atoms with E-state index in [0.29, 0.717) is 0 Å². The van der Waals surface area contributed by atoms with Crippen LogP contribution in [0.3, 0.4) is 0 Å². The molecule has 0 amide bonds. The Morgan fingerprint density at radius 3 is 1.12 bits per heavy atom. The van der Waals surface area contributed by atoms with Crippen molar-refractivity contribution >= 4 is 32.2 Å². The summed E-state index contributed by atoms with van der Waals surface area (Å²) in [7, 11) is -8.82. The second-order valence-electron chi connectivity index (χ2n) is 4.67. The molecule has 0 saturated carbocycles. The number of hydrogen-bond acceptors (Lipinski definition) is 8. The monoisotopic (exact) mass is 402 g/mol. The Hall–Kier alpha value is -2.80. The summed E-state index contributed by atoms with van der Waals surface area (Å²) < 4.78 is 70.5. The van der Waals surface area contributed by atoms with Crippen molar-refractivity contribution in [3.05, 3.63) is 48.5 Å². The Morgan fingerprint density at radius 2 is 0.885 bits per heavy atom. The highest BCUT2D eigenvalue weighted by atomic mass is 32.2. The molecule has 2 aromatic carbocycles. The molecule has 138 valence electrons. The van der Waals surface area contributed by atoms with Gasteiger partial charge in [0.1, 0.15) is 11.5 Å². The Labute approximate surface area is 147 Å². The number of benzene rings is 2. The molecular weight excluding hydrogens is 392 g/mol. The van der Waals surface area contributed by atoms with Crippen LogP contribution in [-0.2, 0) is 29.8 Å². The molecule has 2 rings (SSSR count). The second kappa shape index (κ2) is 7.21. The van der Waals surface area contributed by atoms with Crippen molar-refractivity contribution < 1.29 is 45.0 Å². The van der Waals surface area contributed by atoms with Crippen LogP contribution in [-0.4, -0.2) is 37.9 Å². The van der Waals surface area contributed by atoms with Crippen molar-refractivity contribution in [1.82, 2.24) is 0 Å². The molecule has 26 heavy (non-hydrogen) atoms. The molecule has 0 aliphatic rings. The third kappa shape index (κ3) is 5.10. The summed E-state index contributed by atoms with van der Waals surface area (Å²) >= 11 is 0. The lowest BCUT2D eigenvalue weighted by molar-refractivity contribution is -0.156. The van der Waals surface area contributed by atoms with Gasteiger partial charge in [0, 0.05) is 0 Å². The van der Waals surface area contributed by atoms with Crippen LogP contribution in [0.5, 0.6) is 11.5 Å². The van der Waals surface area contributed by atoms with Gasteiger partial charge in [0.15, 0.2) is 0 Å². The molecule has 0 saturated heterocycles. The summed E-state index contributed by atoms with van der Waals surface area (Å²) in [6.45, 7) is 0. The molecule has 0 bridgehead atoms. The lowest BCUT2D eigenvalue weighted by Gasteiger charge is -2.06. The normalized spacial score (nSPS) is 11.6. The van der Waals surface area contributed by atoms with Crippen molar-refractivity contribution in [2.45, 2.75) is 9.79 Å². The van der Waals surface area contributed by atoms with E-state index in [9.17, 15) is 26.4 Å². The van der Waals surface area contributed by atoms with Gasteiger partial charge in [0.05, 0.1) is 9.79 Å². The molecule has 0 aliphatic heterocycles. The largest absolute Gasteiger partial charge is 0.423 e. The molecule has 2 aromatic rings. The molecule has 0 spiro atoms. The number of ether oxygens (including phenoxy) is 2. The Bertz CT molecular complexity index is 948. The van der Waals surface area contributed by atoms with E-state index >= 15 is 0 Å². The second-order valence-corrected chi connectivity index (χ2v) is 7.52. The smallest absolute Gasteiger partial charge is 0.418 e. The maximum Gasteiger partial charge on any atom is 0.423 e. The van der Waals surface area contributed by atoms with Crippen LogP contribution in [0.4, 0.5) is 0 Å². The van der Waals surface area contributed by atoms with E-state index in [0.717, 1.165) is 48.5 Å². The van der Waals surface area contributed by atoms with Crippen molar-refractivity contribution in [3.8, 4) is 11.5 Å². The molecule has 10 nitrogen and oxygen atoms in total. The summed E-state index contributed by atoms with van der Waals surface area (Å²) in [6, 6.07) is 7.97. The number of rotatable bonds is 4. The average molecular weight is 402 g/mol. The highest BCUT2D eigenvalue weighted by molar-refractivity contribution is 7.86. The topological polar surface area (TPSA) is 161 Å². The first-order chi connectivity index (χ1) is 12.0. The summed E-state index contributed by atoms with van der Waals surface area (Å²) in [6.07, 6.45) is 0. The van der Waals surface area contributed by atoms with Crippen LogP contribution >= 0.6 is 0 Å². The van der Waals surface area contributed by atoms with Gasteiger partial charge in [-0.2, -0.15) is 16.8 Å². The standard InChI is InChI=1S/C14H10O10S2/c15-13(23-9-1-5-11(6-2-9)25(17,18)19)14(16)24-10-3-7-12(8-4-10)26(20,21)22/h1-8H,(H,17,18,19)(H,20,21,22). The third-order valence-electron chi connectivity index (χ3n) is 2.83. The van der Waals surface area contributed by atoms with Crippen LogP contribution in [0.1, 0.15) is 0 Å². The van der Waals surface area contributed by atoms with E-state index in [1.807, 2.05) is 0 Å². The zero-order valence-electron chi connectivity index (χ0n) is 12.6. The van der Waals surface area contributed by atoms with Gasteiger partial charge in [-0.1, -0.05) is 0 Å². The molecular formula is C14H10O10S2. The summed E-state index contributed by atoms with van der Waals surface area (Å²) in [5.74, 6) is -3.21. The molecule has 2 N–H and O–H groups in total. The summed E-state index contributed by atoms with van der Waals surface area (Å²) in [5.41, 5.74) is 0. The van der Waals surface area contributed by atoms with Gasteiger partial charge < -0.3 is 9.47 Å². The quantitative estimate of drug-likeness (QED) is 0.322. The maximum atomic E-state index is 11.6. The highest BCUT2D eigenvalue weighted by Crippen LogP contribution is 2.18. The average Bonchev–Trinajstić information content (AvgIpc) is 2.54. The van der Waals surface area contributed by atoms with E-state index in [1.165, 1.54) is 0 Å². The van der Waals surface area contributed by atoms with E-state index in [4.69, 9.17) is 9.11 Å². The number of hydrogen-bond donors (Lipinski definition) is 2. The zero-order valence-corrected chi connectivity index (χ0v) is 14.2. The molecule has 0 heterocycles. The van der Waals surface area contributed by atoms with E-state index in [-0.39, 0.29) is 11.5 Å². The maximum absolute atomic E-state index is 11.6. The molecule has 0 aromatic heterocycles. The first-order valence-electron chi connectivity index (χ1n) is 6.56. The van der Waals surface area contributed by atoms with Crippen molar-refractivity contribution in [2.24, 2.45) is 0 Å². The van der Waals surface area contributed by atoms with E-state index in [1.54, 1.807) is 0 Å². The lowest BCUT2D eigenvalue weighted by Crippen LogP contribution is -2.25. The highest BCUT2D eigenvalue weighted by Gasteiger charge is 2.20. The van der Waals surface area contributed by atoms with Crippen LogP contribution in [0.25, 0.3) is 0 Å². The first-order valence-corrected chi connectivity index (χ1v) is 9.44. The zero-order chi connectivity index (χ0) is 19.5. The minimum Gasteiger partial charge on any atom is -0.418 e. The van der Waals surface area contributed by atoms with Crippen LogP contribution in [0.2, 0.25) is 0 Å². The minimum absolute atomic E-state index is 0.180. The minimum atomic E-state index is -4.41. The Balaban J connectivity index is 2.02. The fraction of sp³-hybridized carbons (Fsp3) is 0. The van der Waals surface area contributed by atoms with Crippen LogP contribution < -0.4 is 9.47 Å². The molecule has 0 radical (unpaired) electrons. The van der Waals surface area contributed by atoms with Crippen molar-refractivity contribution in [1.29, 1.82) is 0 Å². The SMILES string of the molecule is O=C(Oc1ccc(S(=O)(=O)O)cc1)C(=O)Oc1ccc(S(=O)(=O)O)cc1. The number of carbonyl (C=O) groups is 2. The fourth-order valence-corrected chi connectivity index (χ4v) is 2.62. The van der Waals surface area contributed by atoms with Crippen LogP contribution in [0, 0.1) is 0 Å². The predicted molar refractivity (Wildman–Crippen MR) is 83.8 cm³/mol. The van der Waals surface area contributed by atoms with Gasteiger partial charge >= 0.3 is 11.9 Å². The van der Waals surface area contributed by atoms with Gasteiger partial charge in [0.2, 0.25) is 0 Å². The summed E-state index contributed by atoms with van der Waals surface area (Å²) in [5, 5.41) is 0. The van der Waals surface area contributed by atoms with Gasteiger partial charge in [-0.3, -0.25) is 9.11 Å². The Kier molecular flexibility index (Phi) is 5.41. The third-order valence-corrected chi connectivity index (χ3v) is 4.57. The van der Waals surface area contributed by atoms with Gasteiger partial charge in [-0.15, -0.1) is 0 Å². The number of carbonyl (C=O) groups excluding carboxylic acids is 2. The molecule has 0 unspecified atom stereocenters. The van der Waals surface area contributed by atoms with E-state index in [2.05, 4.69) is 9.47 Å².